The van der Waals surface area contributed by atoms with Gasteiger partial charge in [-0.3, -0.25) is 9.59 Å². The number of benzene rings is 1. The van der Waals surface area contributed by atoms with Gasteiger partial charge in [0.1, 0.15) is 5.54 Å². The predicted octanol–water partition coefficient (Wildman–Crippen LogP) is 0.500. The van der Waals surface area contributed by atoms with Gasteiger partial charge in [-0.05, 0) is 45.0 Å². The number of hydrogen-bond acceptors (Lipinski definition) is 6. The van der Waals surface area contributed by atoms with Crippen LogP contribution in [0, 0.1) is 0 Å². The molecule has 0 radical (unpaired) electrons. The summed E-state index contributed by atoms with van der Waals surface area (Å²) in [5.74, 6) is -0.555. The highest BCUT2D eigenvalue weighted by molar-refractivity contribution is 7.89. The van der Waals surface area contributed by atoms with E-state index in [1.807, 2.05) is 0 Å². The van der Waals surface area contributed by atoms with Crippen LogP contribution in [-0.2, 0) is 19.6 Å². The van der Waals surface area contributed by atoms with E-state index in [0.717, 1.165) is 0 Å². The number of carbonyl (C=O) groups is 3. The fourth-order valence-corrected chi connectivity index (χ4v) is 5.08. The number of nitrogens with zero attached hydrogens (tertiary/aromatic N) is 3. The zero-order chi connectivity index (χ0) is 22.8. The van der Waals surface area contributed by atoms with Gasteiger partial charge in [0, 0.05) is 44.8 Å². The van der Waals surface area contributed by atoms with Crippen molar-refractivity contribution in [1.82, 2.24) is 19.4 Å². The van der Waals surface area contributed by atoms with Gasteiger partial charge in [-0.1, -0.05) is 0 Å². The van der Waals surface area contributed by atoms with Crippen LogP contribution in [0.3, 0.4) is 0 Å². The molecule has 170 valence electrons. The molecule has 0 bridgehead atoms. The van der Waals surface area contributed by atoms with E-state index in [1.54, 1.807) is 20.8 Å². The molecule has 0 spiro atoms. The zero-order valence-electron chi connectivity index (χ0n) is 18.0. The normalized spacial score (nSPS) is 19.6. The van der Waals surface area contributed by atoms with Crippen LogP contribution in [0.1, 0.15) is 31.1 Å². The second-order valence-corrected chi connectivity index (χ2v) is 9.82. The second-order valence-electron chi connectivity index (χ2n) is 7.89. The Morgan fingerprint density at radius 1 is 1.06 bits per heavy atom. The van der Waals surface area contributed by atoms with Crippen LogP contribution in [0.2, 0.25) is 0 Å². The van der Waals surface area contributed by atoms with Gasteiger partial charge in [0.2, 0.25) is 15.9 Å². The van der Waals surface area contributed by atoms with E-state index in [1.165, 1.54) is 38.4 Å². The molecule has 1 aromatic rings. The van der Waals surface area contributed by atoms with Crippen LogP contribution >= 0.6 is 0 Å². The van der Waals surface area contributed by atoms with Crippen molar-refractivity contribution < 1.29 is 27.5 Å². The van der Waals surface area contributed by atoms with Crippen molar-refractivity contribution in [1.29, 1.82) is 0 Å². The minimum Gasteiger partial charge on any atom is -0.450 e. The van der Waals surface area contributed by atoms with Crippen molar-refractivity contribution in [3.63, 3.8) is 0 Å². The summed E-state index contributed by atoms with van der Waals surface area (Å²) in [4.78, 5) is 39.9. The number of piperazine rings is 2. The fraction of sp³-hybridized carbons (Fsp3) is 0.550. The molecule has 2 aliphatic rings. The average molecular weight is 453 g/mol. The molecular formula is C20H28N4O6S. The van der Waals surface area contributed by atoms with E-state index >= 15 is 0 Å². The van der Waals surface area contributed by atoms with Crippen LogP contribution in [0.25, 0.3) is 0 Å². The molecule has 1 N–H and O–H groups in total. The third-order valence-electron chi connectivity index (χ3n) is 5.60. The maximum Gasteiger partial charge on any atom is 0.409 e. The molecule has 11 heteroatoms. The highest BCUT2D eigenvalue weighted by Gasteiger charge is 2.40. The van der Waals surface area contributed by atoms with Crippen molar-refractivity contribution in [2.75, 3.05) is 45.9 Å². The summed E-state index contributed by atoms with van der Waals surface area (Å²) >= 11 is 0. The Balaban J connectivity index is 1.70. The lowest BCUT2D eigenvalue weighted by Crippen LogP contribution is -2.63. The lowest BCUT2D eigenvalue weighted by atomic mass is 9.97. The van der Waals surface area contributed by atoms with Crippen molar-refractivity contribution in [2.45, 2.75) is 31.2 Å². The Labute approximate surface area is 182 Å². The Morgan fingerprint density at radius 2 is 1.68 bits per heavy atom. The van der Waals surface area contributed by atoms with E-state index in [9.17, 15) is 22.8 Å². The second kappa shape index (κ2) is 8.83. The SMILES string of the molecule is CCOC(=O)N1CCN(S(=O)(=O)c2ccc(C(=O)N3CCNC(=O)C3(C)C)cc2)CC1. The first-order valence-corrected chi connectivity index (χ1v) is 11.6. The smallest absolute Gasteiger partial charge is 0.409 e. The van der Waals surface area contributed by atoms with E-state index in [4.69, 9.17) is 4.74 Å². The molecule has 0 aliphatic carbocycles. The molecule has 2 saturated heterocycles. The van der Waals surface area contributed by atoms with E-state index in [-0.39, 0.29) is 49.5 Å². The van der Waals surface area contributed by atoms with Crippen molar-refractivity contribution in [3.05, 3.63) is 29.8 Å². The molecule has 3 amide bonds. The Bertz CT molecular complexity index is 952. The summed E-state index contributed by atoms with van der Waals surface area (Å²) < 4.78 is 32.2. The number of carbonyl (C=O) groups excluding carboxylic acids is 3. The molecule has 2 heterocycles. The van der Waals surface area contributed by atoms with E-state index in [0.29, 0.717) is 18.7 Å². The van der Waals surface area contributed by atoms with Gasteiger partial charge in [-0.15, -0.1) is 0 Å². The van der Waals surface area contributed by atoms with Gasteiger partial charge < -0.3 is 19.9 Å². The third-order valence-corrected chi connectivity index (χ3v) is 7.51. The number of ether oxygens (including phenoxy) is 1. The molecule has 0 atom stereocenters. The van der Waals surface area contributed by atoms with Gasteiger partial charge in [0.15, 0.2) is 0 Å². The number of hydrogen-bond donors (Lipinski definition) is 1. The summed E-state index contributed by atoms with van der Waals surface area (Å²) in [6.45, 7) is 6.91. The molecule has 31 heavy (non-hydrogen) atoms. The fourth-order valence-electron chi connectivity index (χ4n) is 3.66. The summed E-state index contributed by atoms with van der Waals surface area (Å²) in [6, 6.07) is 5.73. The molecule has 2 aliphatic heterocycles. The third kappa shape index (κ3) is 4.52. The monoisotopic (exact) mass is 452 g/mol. The first kappa shape index (κ1) is 23.0. The Kier molecular flexibility index (Phi) is 6.56. The maximum atomic E-state index is 13.0. The van der Waals surface area contributed by atoms with Crippen LogP contribution in [-0.4, -0.2) is 91.8 Å². The quantitative estimate of drug-likeness (QED) is 0.711. The molecule has 3 rings (SSSR count). The molecule has 2 fully saturated rings. The largest absolute Gasteiger partial charge is 0.450 e. The van der Waals surface area contributed by atoms with Crippen molar-refractivity contribution >= 4 is 27.9 Å². The van der Waals surface area contributed by atoms with Gasteiger partial charge in [-0.2, -0.15) is 4.31 Å². The summed E-state index contributed by atoms with van der Waals surface area (Å²) in [5.41, 5.74) is -0.674. The minimum absolute atomic E-state index is 0.0734. The topological polar surface area (TPSA) is 116 Å². The van der Waals surface area contributed by atoms with Gasteiger partial charge in [0.25, 0.3) is 5.91 Å². The lowest BCUT2D eigenvalue weighted by molar-refractivity contribution is -0.133. The minimum atomic E-state index is -3.76. The van der Waals surface area contributed by atoms with Crippen molar-refractivity contribution in [3.8, 4) is 0 Å². The highest BCUT2D eigenvalue weighted by Crippen LogP contribution is 2.23. The van der Waals surface area contributed by atoms with Crippen LogP contribution in [0.15, 0.2) is 29.2 Å². The van der Waals surface area contributed by atoms with Crippen LogP contribution in [0.4, 0.5) is 4.79 Å². The number of rotatable bonds is 4. The van der Waals surface area contributed by atoms with Gasteiger partial charge >= 0.3 is 6.09 Å². The van der Waals surface area contributed by atoms with E-state index < -0.39 is 21.7 Å². The molecule has 0 saturated carbocycles. The number of sulfonamides is 1. The molecule has 0 aromatic heterocycles. The van der Waals surface area contributed by atoms with Crippen LogP contribution < -0.4 is 5.32 Å². The van der Waals surface area contributed by atoms with Gasteiger partial charge in [-0.25, -0.2) is 13.2 Å². The first-order chi connectivity index (χ1) is 14.6. The first-order valence-electron chi connectivity index (χ1n) is 10.2. The zero-order valence-corrected chi connectivity index (χ0v) is 18.8. The number of nitrogens with one attached hydrogen (secondary N) is 1. The molecule has 0 unspecified atom stereocenters. The maximum absolute atomic E-state index is 13.0. The Hall–Kier alpha value is -2.66. The highest BCUT2D eigenvalue weighted by atomic mass is 32.2. The predicted molar refractivity (Wildman–Crippen MR) is 112 cm³/mol. The van der Waals surface area contributed by atoms with E-state index in [2.05, 4.69) is 5.32 Å². The molecule has 1 aromatic carbocycles. The van der Waals surface area contributed by atoms with Crippen molar-refractivity contribution in [2.24, 2.45) is 0 Å². The lowest BCUT2D eigenvalue weighted by Gasteiger charge is -2.41. The average Bonchev–Trinajstić information content (AvgIpc) is 2.75. The standard InChI is InChI=1S/C20H28N4O6S/c1-4-30-19(27)22-11-13-23(14-12-22)31(28,29)16-7-5-15(6-8-16)17(25)24-10-9-21-18(26)20(24,2)3/h5-8H,4,9-14H2,1-3H3,(H,21,26). The number of amides is 3. The Morgan fingerprint density at radius 3 is 2.26 bits per heavy atom. The summed E-state index contributed by atoms with van der Waals surface area (Å²) in [7, 11) is -3.76. The molecule has 10 nitrogen and oxygen atoms in total. The van der Waals surface area contributed by atoms with Gasteiger partial charge in [0.05, 0.1) is 11.5 Å². The van der Waals surface area contributed by atoms with Crippen LogP contribution in [0.5, 0.6) is 0 Å². The summed E-state index contributed by atoms with van der Waals surface area (Å²) in [5, 5.41) is 2.74. The summed E-state index contributed by atoms with van der Waals surface area (Å²) in [6.07, 6.45) is -0.447. The molecular weight excluding hydrogens is 424 g/mol.